The Morgan fingerprint density at radius 3 is 2.46 bits per heavy atom. The monoisotopic (exact) mass is 403 g/mol. The van der Waals surface area contributed by atoms with Crippen LogP contribution in [-0.4, -0.2) is 67.3 Å². The van der Waals surface area contributed by atoms with Crippen molar-refractivity contribution in [3.63, 3.8) is 0 Å². The van der Waals surface area contributed by atoms with Crippen LogP contribution in [0.4, 0.5) is 5.69 Å². The van der Waals surface area contributed by atoms with Gasteiger partial charge in [-0.1, -0.05) is 23.2 Å². The third-order valence-corrected chi connectivity index (χ3v) is 4.42. The van der Waals surface area contributed by atoms with Crippen LogP contribution in [0.2, 0.25) is 10.0 Å². The van der Waals surface area contributed by atoms with E-state index in [4.69, 9.17) is 27.9 Å². The fourth-order valence-corrected chi connectivity index (χ4v) is 3.20. The first kappa shape index (κ1) is 20.9. The van der Waals surface area contributed by atoms with Crippen LogP contribution in [0, 0.1) is 0 Å². The van der Waals surface area contributed by atoms with Crippen molar-refractivity contribution < 1.29 is 19.4 Å². The third kappa shape index (κ3) is 7.47. The van der Waals surface area contributed by atoms with Crippen LogP contribution >= 0.6 is 23.2 Å². The van der Waals surface area contributed by atoms with Gasteiger partial charge >= 0.3 is 5.97 Å². The molecule has 144 valence electrons. The zero-order valence-corrected chi connectivity index (χ0v) is 15.9. The van der Waals surface area contributed by atoms with Crippen molar-refractivity contribution in [1.29, 1.82) is 0 Å². The Balaban J connectivity index is 1.75. The first-order valence-electron chi connectivity index (χ1n) is 8.46. The second-order valence-corrected chi connectivity index (χ2v) is 6.94. The molecule has 1 fully saturated rings. The minimum absolute atomic E-state index is 0.184. The van der Waals surface area contributed by atoms with E-state index in [1.807, 2.05) is 0 Å². The first-order chi connectivity index (χ1) is 12.4. The van der Waals surface area contributed by atoms with Gasteiger partial charge in [0.05, 0.1) is 19.6 Å². The van der Waals surface area contributed by atoms with Gasteiger partial charge < -0.3 is 20.5 Å². The summed E-state index contributed by atoms with van der Waals surface area (Å²) in [7, 11) is 0. The van der Waals surface area contributed by atoms with Gasteiger partial charge in [0.1, 0.15) is 6.04 Å². The molecule has 1 atom stereocenters. The highest BCUT2D eigenvalue weighted by atomic mass is 35.5. The standard InChI is InChI=1S/C17H23Cl2N3O4/c18-12-8-13(19)10-14(9-12)21-16(23)11-15(17(24)25)20-2-1-3-22-4-6-26-7-5-22/h8-10,15,20H,1-7,11H2,(H,21,23)(H,24,25). The number of benzene rings is 1. The van der Waals surface area contributed by atoms with Crippen molar-refractivity contribution in [1.82, 2.24) is 10.2 Å². The Labute approximate surface area is 162 Å². The summed E-state index contributed by atoms with van der Waals surface area (Å²) in [5.41, 5.74) is 0.434. The summed E-state index contributed by atoms with van der Waals surface area (Å²) in [5, 5.41) is 15.6. The Morgan fingerprint density at radius 2 is 1.85 bits per heavy atom. The summed E-state index contributed by atoms with van der Waals surface area (Å²) < 4.78 is 5.29. The van der Waals surface area contributed by atoms with Gasteiger partial charge in [-0.3, -0.25) is 14.5 Å². The van der Waals surface area contributed by atoms with E-state index in [-0.39, 0.29) is 6.42 Å². The van der Waals surface area contributed by atoms with E-state index >= 15 is 0 Å². The molecule has 1 aromatic rings. The van der Waals surface area contributed by atoms with Gasteiger partial charge in [0.2, 0.25) is 5.91 Å². The molecule has 1 saturated heterocycles. The lowest BCUT2D eigenvalue weighted by molar-refractivity contribution is -0.141. The molecule has 0 saturated carbocycles. The number of amides is 1. The number of hydrogen-bond donors (Lipinski definition) is 3. The second-order valence-electron chi connectivity index (χ2n) is 6.06. The maximum Gasteiger partial charge on any atom is 0.321 e. The lowest BCUT2D eigenvalue weighted by Gasteiger charge is -2.26. The molecule has 1 aliphatic heterocycles. The van der Waals surface area contributed by atoms with Gasteiger partial charge in [-0.2, -0.15) is 0 Å². The number of nitrogens with one attached hydrogen (secondary N) is 2. The summed E-state index contributed by atoms with van der Waals surface area (Å²) in [6.07, 6.45) is 0.617. The number of hydrogen-bond acceptors (Lipinski definition) is 5. The number of carboxylic acids is 1. The molecule has 1 aliphatic rings. The van der Waals surface area contributed by atoms with Gasteiger partial charge in [-0.15, -0.1) is 0 Å². The van der Waals surface area contributed by atoms with Gasteiger partial charge in [0, 0.05) is 28.8 Å². The summed E-state index contributed by atoms with van der Waals surface area (Å²) in [6, 6.07) is 3.71. The largest absolute Gasteiger partial charge is 0.480 e. The third-order valence-electron chi connectivity index (χ3n) is 3.98. The van der Waals surface area contributed by atoms with Crippen LogP contribution in [0.3, 0.4) is 0 Å². The average Bonchev–Trinajstić information content (AvgIpc) is 2.57. The molecular formula is C17H23Cl2N3O4. The summed E-state index contributed by atoms with van der Waals surface area (Å²) in [4.78, 5) is 25.8. The molecule has 0 bridgehead atoms. The summed E-state index contributed by atoms with van der Waals surface area (Å²) in [6.45, 7) is 4.65. The van der Waals surface area contributed by atoms with Crippen molar-refractivity contribution in [3.05, 3.63) is 28.2 Å². The maximum absolute atomic E-state index is 12.1. The van der Waals surface area contributed by atoms with Crippen LogP contribution in [0.15, 0.2) is 18.2 Å². The topological polar surface area (TPSA) is 90.9 Å². The van der Waals surface area contributed by atoms with Crippen LogP contribution in [0.5, 0.6) is 0 Å². The first-order valence-corrected chi connectivity index (χ1v) is 9.22. The Bertz CT molecular complexity index is 604. The van der Waals surface area contributed by atoms with E-state index in [0.29, 0.717) is 22.3 Å². The predicted molar refractivity (Wildman–Crippen MR) is 101 cm³/mol. The number of rotatable bonds is 9. The molecule has 0 radical (unpaired) electrons. The van der Waals surface area contributed by atoms with Crippen molar-refractivity contribution in [3.8, 4) is 0 Å². The molecule has 1 heterocycles. The van der Waals surface area contributed by atoms with E-state index in [1.165, 1.54) is 0 Å². The smallest absolute Gasteiger partial charge is 0.321 e. The number of carboxylic acid groups (broad SMARTS) is 1. The molecule has 0 aliphatic carbocycles. The molecule has 9 heteroatoms. The molecule has 7 nitrogen and oxygen atoms in total. The predicted octanol–water partition coefficient (Wildman–Crippen LogP) is 2.09. The van der Waals surface area contributed by atoms with Gasteiger partial charge in [0.25, 0.3) is 0 Å². The minimum Gasteiger partial charge on any atom is -0.480 e. The molecule has 26 heavy (non-hydrogen) atoms. The van der Waals surface area contributed by atoms with Crippen LogP contribution in [-0.2, 0) is 14.3 Å². The lowest BCUT2D eigenvalue weighted by atomic mass is 10.2. The Morgan fingerprint density at radius 1 is 1.19 bits per heavy atom. The maximum atomic E-state index is 12.1. The quantitative estimate of drug-likeness (QED) is 0.546. The Hall–Kier alpha value is -1.38. The van der Waals surface area contributed by atoms with Crippen molar-refractivity contribution >= 4 is 40.8 Å². The molecule has 3 N–H and O–H groups in total. The number of nitrogens with zero attached hydrogens (tertiary/aromatic N) is 1. The number of halogens is 2. The highest BCUT2D eigenvalue weighted by Crippen LogP contribution is 2.22. The minimum atomic E-state index is -1.06. The van der Waals surface area contributed by atoms with E-state index in [1.54, 1.807) is 18.2 Å². The highest BCUT2D eigenvalue weighted by molar-refractivity contribution is 6.35. The molecule has 1 amide bonds. The Kier molecular flexibility index (Phi) is 8.61. The second kappa shape index (κ2) is 10.7. The fraction of sp³-hybridized carbons (Fsp3) is 0.529. The number of aliphatic carboxylic acids is 1. The molecule has 1 unspecified atom stereocenters. The van der Waals surface area contributed by atoms with Crippen molar-refractivity contribution in [2.24, 2.45) is 0 Å². The van der Waals surface area contributed by atoms with E-state index in [2.05, 4.69) is 15.5 Å². The van der Waals surface area contributed by atoms with Gasteiger partial charge in [0.15, 0.2) is 0 Å². The van der Waals surface area contributed by atoms with E-state index < -0.39 is 17.9 Å². The van der Waals surface area contributed by atoms with Gasteiger partial charge in [-0.05, 0) is 37.7 Å². The molecule has 0 spiro atoms. The molecule has 0 aromatic heterocycles. The summed E-state index contributed by atoms with van der Waals surface area (Å²) >= 11 is 11.8. The number of anilines is 1. The van der Waals surface area contributed by atoms with Crippen molar-refractivity contribution in [2.45, 2.75) is 18.9 Å². The van der Waals surface area contributed by atoms with Gasteiger partial charge in [-0.25, -0.2) is 0 Å². The van der Waals surface area contributed by atoms with E-state index in [0.717, 1.165) is 39.3 Å². The lowest BCUT2D eigenvalue weighted by Crippen LogP contribution is -2.42. The molecule has 1 aromatic carbocycles. The summed E-state index contributed by atoms with van der Waals surface area (Å²) in [5.74, 6) is -1.48. The number of ether oxygens (including phenoxy) is 1. The SMILES string of the molecule is O=C(CC(NCCCN1CCOCC1)C(=O)O)Nc1cc(Cl)cc(Cl)c1. The van der Waals surface area contributed by atoms with Crippen LogP contribution in [0.1, 0.15) is 12.8 Å². The zero-order chi connectivity index (χ0) is 18.9. The van der Waals surface area contributed by atoms with Crippen molar-refractivity contribution in [2.75, 3.05) is 44.7 Å². The number of morpholine rings is 1. The fourth-order valence-electron chi connectivity index (χ4n) is 2.67. The molecule has 2 rings (SSSR count). The zero-order valence-electron chi connectivity index (χ0n) is 14.3. The van der Waals surface area contributed by atoms with E-state index in [9.17, 15) is 14.7 Å². The number of carbonyl (C=O) groups excluding carboxylic acids is 1. The number of carbonyl (C=O) groups is 2. The highest BCUT2D eigenvalue weighted by Gasteiger charge is 2.21. The normalized spacial score (nSPS) is 16.2. The van der Waals surface area contributed by atoms with Crippen LogP contribution < -0.4 is 10.6 Å². The van der Waals surface area contributed by atoms with Crippen LogP contribution in [0.25, 0.3) is 0 Å². The molecular weight excluding hydrogens is 381 g/mol. The average molecular weight is 404 g/mol.